The Labute approximate surface area is 120 Å². The molecule has 0 aliphatic rings. The van der Waals surface area contributed by atoms with Gasteiger partial charge < -0.3 is 14.6 Å². The minimum atomic E-state index is -0.679. The first-order valence-corrected chi connectivity index (χ1v) is 6.15. The summed E-state index contributed by atoms with van der Waals surface area (Å²) in [4.78, 5) is 14.5. The fourth-order valence-electron chi connectivity index (χ4n) is 1.71. The summed E-state index contributed by atoms with van der Waals surface area (Å²) in [5.41, 5.74) is 0.384. The molecule has 2 aromatic rings. The van der Waals surface area contributed by atoms with Gasteiger partial charge in [0.15, 0.2) is 0 Å². The van der Waals surface area contributed by atoms with Crippen molar-refractivity contribution in [2.75, 3.05) is 7.11 Å². The highest BCUT2D eigenvalue weighted by molar-refractivity contribution is 5.52. The Kier molecular flexibility index (Phi) is 4.34. The van der Waals surface area contributed by atoms with Crippen molar-refractivity contribution in [3.05, 3.63) is 52.2 Å². The van der Waals surface area contributed by atoms with E-state index < -0.39 is 11.0 Å². The lowest BCUT2D eigenvalue weighted by atomic mass is 10.2. The molecule has 0 saturated carbocycles. The second-order valence-electron chi connectivity index (χ2n) is 4.30. The number of rotatable bonds is 5. The number of hydrogen-bond acceptors (Lipinski definition) is 6. The van der Waals surface area contributed by atoms with E-state index in [1.54, 1.807) is 19.1 Å². The van der Waals surface area contributed by atoms with E-state index in [9.17, 15) is 15.2 Å². The van der Waals surface area contributed by atoms with Gasteiger partial charge in [-0.05, 0) is 30.7 Å². The van der Waals surface area contributed by atoms with Crippen LogP contribution in [0.1, 0.15) is 18.6 Å². The highest BCUT2D eigenvalue weighted by Gasteiger charge is 2.18. The SMILES string of the molecule is COc1ccc(Oc2cc([C@H](C)O)ccn2)c([N+](=O)[O-])c1. The summed E-state index contributed by atoms with van der Waals surface area (Å²) in [6, 6.07) is 7.43. The Morgan fingerprint density at radius 3 is 2.71 bits per heavy atom. The summed E-state index contributed by atoms with van der Waals surface area (Å²) in [6.45, 7) is 1.61. The largest absolute Gasteiger partial charge is 0.496 e. The predicted octanol–water partition coefficient (Wildman–Crippen LogP) is 2.84. The van der Waals surface area contributed by atoms with E-state index in [1.165, 1.54) is 31.5 Å². The standard InChI is InChI=1S/C14H14N2O5/c1-9(17)10-5-6-15-14(7-10)21-13-4-3-11(20-2)8-12(13)16(18)19/h3-9,17H,1-2H3/t9-/m0/s1. The molecule has 0 saturated heterocycles. The van der Waals surface area contributed by atoms with Crippen LogP contribution in [-0.4, -0.2) is 22.1 Å². The third-order valence-electron chi connectivity index (χ3n) is 2.82. The summed E-state index contributed by atoms with van der Waals surface area (Å²) in [5.74, 6) is 0.581. The first-order chi connectivity index (χ1) is 10.0. The van der Waals surface area contributed by atoms with Crippen LogP contribution in [-0.2, 0) is 0 Å². The van der Waals surface area contributed by atoms with Gasteiger partial charge in [-0.15, -0.1) is 0 Å². The van der Waals surface area contributed by atoms with Crippen LogP contribution in [0.15, 0.2) is 36.5 Å². The predicted molar refractivity (Wildman–Crippen MR) is 74.6 cm³/mol. The molecule has 1 aromatic heterocycles. The molecule has 0 aliphatic carbocycles. The second kappa shape index (κ2) is 6.19. The number of methoxy groups -OCH3 is 1. The van der Waals surface area contributed by atoms with E-state index in [2.05, 4.69) is 4.98 Å². The first-order valence-electron chi connectivity index (χ1n) is 6.15. The number of nitro groups is 1. The molecule has 0 spiro atoms. The Balaban J connectivity index is 2.35. The van der Waals surface area contributed by atoms with Crippen LogP contribution < -0.4 is 9.47 Å². The number of ether oxygens (including phenoxy) is 2. The molecule has 7 nitrogen and oxygen atoms in total. The van der Waals surface area contributed by atoms with Gasteiger partial charge in [-0.3, -0.25) is 10.1 Å². The lowest BCUT2D eigenvalue weighted by Gasteiger charge is -2.09. The normalized spacial score (nSPS) is 11.8. The molecule has 1 aromatic carbocycles. The highest BCUT2D eigenvalue weighted by atomic mass is 16.6. The second-order valence-corrected chi connectivity index (χ2v) is 4.30. The van der Waals surface area contributed by atoms with E-state index in [4.69, 9.17) is 9.47 Å². The van der Waals surface area contributed by atoms with E-state index in [1.807, 2.05) is 0 Å². The molecule has 1 heterocycles. The number of benzene rings is 1. The zero-order valence-corrected chi connectivity index (χ0v) is 11.5. The molecule has 21 heavy (non-hydrogen) atoms. The Bertz CT molecular complexity index is 658. The Morgan fingerprint density at radius 1 is 1.33 bits per heavy atom. The van der Waals surface area contributed by atoms with Crippen molar-refractivity contribution >= 4 is 5.69 Å². The number of aromatic nitrogens is 1. The molecule has 0 aliphatic heterocycles. The average molecular weight is 290 g/mol. The van der Waals surface area contributed by atoms with Crippen LogP contribution in [0, 0.1) is 10.1 Å². The summed E-state index contributed by atoms with van der Waals surface area (Å²) >= 11 is 0. The van der Waals surface area contributed by atoms with Crippen LogP contribution in [0.2, 0.25) is 0 Å². The quantitative estimate of drug-likeness (QED) is 0.672. The van der Waals surface area contributed by atoms with Gasteiger partial charge in [0.2, 0.25) is 11.6 Å². The van der Waals surface area contributed by atoms with Gasteiger partial charge in [-0.2, -0.15) is 0 Å². The Hall–Kier alpha value is -2.67. The van der Waals surface area contributed by atoms with Gasteiger partial charge in [-0.25, -0.2) is 4.98 Å². The molecule has 0 bridgehead atoms. The summed E-state index contributed by atoms with van der Waals surface area (Å²) in [7, 11) is 1.42. The molecule has 2 rings (SSSR count). The fourth-order valence-corrected chi connectivity index (χ4v) is 1.71. The van der Waals surface area contributed by atoms with Gasteiger partial charge in [0.05, 0.1) is 24.2 Å². The molecule has 7 heteroatoms. The average Bonchev–Trinajstić information content (AvgIpc) is 2.47. The molecule has 110 valence electrons. The van der Waals surface area contributed by atoms with E-state index in [-0.39, 0.29) is 17.3 Å². The number of aliphatic hydroxyl groups is 1. The number of hydrogen-bond donors (Lipinski definition) is 1. The van der Waals surface area contributed by atoms with Gasteiger partial charge in [-0.1, -0.05) is 0 Å². The number of pyridine rings is 1. The van der Waals surface area contributed by atoms with Crippen LogP contribution in [0.3, 0.4) is 0 Å². The molecule has 1 atom stereocenters. The summed E-state index contributed by atoms with van der Waals surface area (Å²) in [5, 5.41) is 20.6. The Morgan fingerprint density at radius 2 is 2.10 bits per heavy atom. The van der Waals surface area contributed by atoms with E-state index in [0.29, 0.717) is 11.3 Å². The van der Waals surface area contributed by atoms with E-state index >= 15 is 0 Å². The number of nitrogens with zero attached hydrogens (tertiary/aromatic N) is 2. The van der Waals surface area contributed by atoms with Crippen molar-refractivity contribution < 1.29 is 19.5 Å². The molecule has 0 fully saturated rings. The molecule has 0 radical (unpaired) electrons. The van der Waals surface area contributed by atoms with Crippen molar-refractivity contribution in [3.63, 3.8) is 0 Å². The summed E-state index contributed by atoms with van der Waals surface area (Å²) in [6.07, 6.45) is 0.786. The first kappa shape index (κ1) is 14.7. The highest BCUT2D eigenvalue weighted by Crippen LogP contribution is 2.34. The number of aliphatic hydroxyl groups excluding tert-OH is 1. The third-order valence-corrected chi connectivity index (χ3v) is 2.82. The van der Waals surface area contributed by atoms with Gasteiger partial charge in [0.1, 0.15) is 5.75 Å². The minimum Gasteiger partial charge on any atom is -0.496 e. The van der Waals surface area contributed by atoms with Gasteiger partial charge >= 0.3 is 5.69 Å². The zero-order valence-electron chi connectivity index (χ0n) is 11.5. The fraction of sp³-hybridized carbons (Fsp3) is 0.214. The molecular formula is C14H14N2O5. The molecule has 0 unspecified atom stereocenters. The van der Waals surface area contributed by atoms with Crippen molar-refractivity contribution in [1.82, 2.24) is 4.98 Å². The molecular weight excluding hydrogens is 276 g/mol. The lowest BCUT2D eigenvalue weighted by molar-refractivity contribution is -0.385. The maximum atomic E-state index is 11.1. The monoisotopic (exact) mass is 290 g/mol. The van der Waals surface area contributed by atoms with E-state index in [0.717, 1.165) is 0 Å². The molecule has 0 amide bonds. The topological polar surface area (TPSA) is 94.7 Å². The summed E-state index contributed by atoms with van der Waals surface area (Å²) < 4.78 is 10.4. The minimum absolute atomic E-state index is 0.0519. The van der Waals surface area contributed by atoms with Crippen molar-refractivity contribution in [3.8, 4) is 17.4 Å². The van der Waals surface area contributed by atoms with Gasteiger partial charge in [0, 0.05) is 12.3 Å². The third kappa shape index (κ3) is 3.46. The van der Waals surface area contributed by atoms with Crippen LogP contribution in [0.5, 0.6) is 17.4 Å². The van der Waals surface area contributed by atoms with Crippen molar-refractivity contribution in [2.24, 2.45) is 0 Å². The van der Waals surface area contributed by atoms with Crippen molar-refractivity contribution in [2.45, 2.75) is 13.0 Å². The maximum Gasteiger partial charge on any atom is 0.315 e. The zero-order chi connectivity index (χ0) is 15.4. The van der Waals surface area contributed by atoms with Crippen LogP contribution in [0.4, 0.5) is 5.69 Å². The van der Waals surface area contributed by atoms with Crippen LogP contribution >= 0.6 is 0 Å². The maximum absolute atomic E-state index is 11.1. The van der Waals surface area contributed by atoms with Gasteiger partial charge in [0.25, 0.3) is 0 Å². The van der Waals surface area contributed by atoms with Crippen LogP contribution in [0.25, 0.3) is 0 Å². The number of nitro benzene ring substituents is 1. The lowest BCUT2D eigenvalue weighted by Crippen LogP contribution is -1.97. The smallest absolute Gasteiger partial charge is 0.315 e. The van der Waals surface area contributed by atoms with Crippen molar-refractivity contribution in [1.29, 1.82) is 0 Å². The molecule has 1 N–H and O–H groups in total.